The molecule has 0 aliphatic heterocycles. The number of rotatable bonds is 4. The zero-order valence-electron chi connectivity index (χ0n) is 6.95. The van der Waals surface area contributed by atoms with Gasteiger partial charge in [0.2, 0.25) is 0 Å². The Labute approximate surface area is 66.9 Å². The van der Waals surface area contributed by atoms with E-state index < -0.39 is 5.97 Å². The maximum Gasteiger partial charge on any atom is 0.328 e. The van der Waals surface area contributed by atoms with Gasteiger partial charge in [0, 0.05) is 12.1 Å². The number of carboxylic acid groups (broad SMARTS) is 1. The second-order valence-corrected chi connectivity index (χ2v) is 2.66. The Morgan fingerprint density at radius 2 is 2.27 bits per heavy atom. The number of hydrogen-bond acceptors (Lipinski definition) is 2. The number of hydrogen-bond donors (Lipinski definition) is 2. The molecule has 0 amide bonds. The summed E-state index contributed by atoms with van der Waals surface area (Å²) in [5, 5.41) is 8.27. The Bertz CT molecular complexity index is 154. The molecule has 0 fully saturated rings. The first-order chi connectivity index (χ1) is 5.07. The molecule has 0 spiro atoms. The van der Waals surface area contributed by atoms with Crippen molar-refractivity contribution in [1.82, 2.24) is 0 Å². The number of nitrogens with two attached hydrogens (primary N) is 1. The van der Waals surface area contributed by atoms with E-state index >= 15 is 0 Å². The second kappa shape index (κ2) is 4.91. The van der Waals surface area contributed by atoms with E-state index in [1.54, 1.807) is 0 Å². The van der Waals surface area contributed by atoms with Gasteiger partial charge in [-0.1, -0.05) is 26.3 Å². The minimum absolute atomic E-state index is 0.143. The van der Waals surface area contributed by atoms with Crippen LogP contribution in [0.5, 0.6) is 0 Å². The molecule has 3 nitrogen and oxygen atoms in total. The van der Waals surface area contributed by atoms with Crippen LogP contribution in [0.3, 0.4) is 0 Å². The minimum atomic E-state index is -0.941. The summed E-state index contributed by atoms with van der Waals surface area (Å²) < 4.78 is 0. The predicted molar refractivity (Wildman–Crippen MR) is 44.2 cm³/mol. The van der Waals surface area contributed by atoms with Crippen LogP contribution in [0.4, 0.5) is 0 Å². The van der Waals surface area contributed by atoms with Crippen molar-refractivity contribution in [2.24, 2.45) is 11.7 Å². The topological polar surface area (TPSA) is 63.3 Å². The lowest BCUT2D eigenvalue weighted by molar-refractivity contribution is -0.131. The molecule has 0 radical (unpaired) electrons. The van der Waals surface area contributed by atoms with Crippen LogP contribution in [-0.2, 0) is 4.79 Å². The number of carboxylic acids is 1. The van der Waals surface area contributed by atoms with Crippen molar-refractivity contribution in [2.45, 2.75) is 26.3 Å². The monoisotopic (exact) mass is 157 g/mol. The fourth-order valence-electron chi connectivity index (χ4n) is 0.655. The average Bonchev–Trinajstić information content (AvgIpc) is 1.98. The molecule has 0 saturated carbocycles. The molecule has 0 rings (SSSR count). The van der Waals surface area contributed by atoms with E-state index in [1.807, 2.05) is 13.8 Å². The van der Waals surface area contributed by atoms with Gasteiger partial charge in [0.1, 0.15) is 0 Å². The molecule has 3 N–H and O–H groups in total. The van der Waals surface area contributed by atoms with Crippen LogP contribution in [0.1, 0.15) is 20.3 Å². The molecule has 0 bridgehead atoms. The van der Waals surface area contributed by atoms with E-state index in [0.29, 0.717) is 5.92 Å². The maximum atomic E-state index is 10.1. The molecule has 2 unspecified atom stereocenters. The molecular formula is C8H15NO2. The van der Waals surface area contributed by atoms with Crippen LogP contribution in [0, 0.1) is 5.92 Å². The summed E-state index contributed by atoms with van der Waals surface area (Å²) in [4.78, 5) is 10.1. The first-order valence-corrected chi connectivity index (χ1v) is 3.74. The van der Waals surface area contributed by atoms with Crippen molar-refractivity contribution >= 4 is 5.97 Å². The molecular weight excluding hydrogens is 142 g/mol. The highest BCUT2D eigenvalue weighted by Gasteiger charge is 2.06. The zero-order valence-corrected chi connectivity index (χ0v) is 6.95. The number of carbonyl (C=O) groups is 1. The summed E-state index contributed by atoms with van der Waals surface area (Å²) in [6.45, 7) is 4.02. The SMILES string of the molecule is CCC(C)C(N)/C=C/C(=O)O. The Balaban J connectivity index is 3.85. The van der Waals surface area contributed by atoms with Gasteiger partial charge in [-0.15, -0.1) is 0 Å². The zero-order chi connectivity index (χ0) is 8.85. The average molecular weight is 157 g/mol. The summed E-state index contributed by atoms with van der Waals surface area (Å²) in [5.74, 6) is -0.602. The summed E-state index contributed by atoms with van der Waals surface area (Å²) in [7, 11) is 0. The fraction of sp³-hybridized carbons (Fsp3) is 0.625. The van der Waals surface area contributed by atoms with Gasteiger partial charge in [0.25, 0.3) is 0 Å². The van der Waals surface area contributed by atoms with E-state index in [2.05, 4.69) is 0 Å². The second-order valence-electron chi connectivity index (χ2n) is 2.66. The minimum Gasteiger partial charge on any atom is -0.478 e. The van der Waals surface area contributed by atoms with E-state index in [-0.39, 0.29) is 6.04 Å². The standard InChI is InChI=1S/C8H15NO2/c1-3-6(2)7(9)4-5-8(10)11/h4-7H,3,9H2,1-2H3,(H,10,11)/b5-4+. The summed E-state index contributed by atoms with van der Waals surface area (Å²) in [5.41, 5.74) is 5.63. The lowest BCUT2D eigenvalue weighted by Gasteiger charge is -2.12. The first-order valence-electron chi connectivity index (χ1n) is 3.74. The molecule has 0 heterocycles. The highest BCUT2D eigenvalue weighted by molar-refractivity contribution is 5.79. The quantitative estimate of drug-likeness (QED) is 0.598. The molecule has 0 aliphatic carbocycles. The van der Waals surface area contributed by atoms with Crippen molar-refractivity contribution in [3.8, 4) is 0 Å². The first kappa shape index (κ1) is 10.2. The van der Waals surface area contributed by atoms with Crippen molar-refractivity contribution in [1.29, 1.82) is 0 Å². The molecule has 64 valence electrons. The Morgan fingerprint density at radius 1 is 1.73 bits per heavy atom. The van der Waals surface area contributed by atoms with Crippen LogP contribution >= 0.6 is 0 Å². The molecule has 0 saturated heterocycles. The largest absolute Gasteiger partial charge is 0.478 e. The van der Waals surface area contributed by atoms with Crippen LogP contribution in [0.15, 0.2) is 12.2 Å². The number of aliphatic carboxylic acids is 1. The van der Waals surface area contributed by atoms with Crippen LogP contribution in [0.2, 0.25) is 0 Å². The molecule has 11 heavy (non-hydrogen) atoms. The van der Waals surface area contributed by atoms with Gasteiger partial charge < -0.3 is 10.8 Å². The highest BCUT2D eigenvalue weighted by Crippen LogP contribution is 2.05. The van der Waals surface area contributed by atoms with Gasteiger partial charge in [-0.05, 0) is 5.92 Å². The lowest BCUT2D eigenvalue weighted by atomic mass is 10.00. The maximum absolute atomic E-state index is 10.1. The van der Waals surface area contributed by atoms with Gasteiger partial charge in [-0.25, -0.2) is 4.79 Å². The van der Waals surface area contributed by atoms with Crippen LogP contribution < -0.4 is 5.73 Å². The van der Waals surface area contributed by atoms with Gasteiger partial charge in [-0.3, -0.25) is 0 Å². The van der Waals surface area contributed by atoms with E-state index in [9.17, 15) is 4.79 Å². The Hall–Kier alpha value is -0.830. The highest BCUT2D eigenvalue weighted by atomic mass is 16.4. The Morgan fingerprint density at radius 3 is 2.64 bits per heavy atom. The van der Waals surface area contributed by atoms with Crippen LogP contribution in [0.25, 0.3) is 0 Å². The van der Waals surface area contributed by atoms with Gasteiger partial charge >= 0.3 is 5.97 Å². The third kappa shape index (κ3) is 4.56. The van der Waals surface area contributed by atoms with Crippen LogP contribution in [-0.4, -0.2) is 17.1 Å². The van der Waals surface area contributed by atoms with E-state index in [4.69, 9.17) is 10.8 Å². The third-order valence-corrected chi connectivity index (χ3v) is 1.76. The van der Waals surface area contributed by atoms with Gasteiger partial charge in [0.15, 0.2) is 0 Å². The predicted octanol–water partition coefficient (Wildman–Crippen LogP) is 1.00. The third-order valence-electron chi connectivity index (χ3n) is 1.76. The van der Waals surface area contributed by atoms with Gasteiger partial charge in [0.05, 0.1) is 0 Å². The van der Waals surface area contributed by atoms with Gasteiger partial charge in [-0.2, -0.15) is 0 Å². The van der Waals surface area contributed by atoms with Crippen molar-refractivity contribution in [3.05, 3.63) is 12.2 Å². The summed E-state index contributed by atoms with van der Waals surface area (Å²) >= 11 is 0. The molecule has 0 aromatic heterocycles. The summed E-state index contributed by atoms with van der Waals surface area (Å²) in [6, 6.07) is -0.143. The van der Waals surface area contributed by atoms with Crippen molar-refractivity contribution < 1.29 is 9.90 Å². The lowest BCUT2D eigenvalue weighted by Crippen LogP contribution is -2.25. The Kier molecular flexibility index (Phi) is 4.54. The molecule has 0 aromatic rings. The molecule has 2 atom stereocenters. The van der Waals surface area contributed by atoms with E-state index in [1.165, 1.54) is 6.08 Å². The van der Waals surface area contributed by atoms with Crippen molar-refractivity contribution in [3.63, 3.8) is 0 Å². The smallest absolute Gasteiger partial charge is 0.328 e. The van der Waals surface area contributed by atoms with Crippen molar-refractivity contribution in [2.75, 3.05) is 0 Å². The molecule has 0 aromatic carbocycles. The van der Waals surface area contributed by atoms with E-state index in [0.717, 1.165) is 12.5 Å². The normalized spacial score (nSPS) is 16.6. The molecule has 3 heteroatoms. The fourth-order valence-corrected chi connectivity index (χ4v) is 0.655. The molecule has 0 aliphatic rings. The summed E-state index contributed by atoms with van der Waals surface area (Å²) in [6.07, 6.45) is 3.58.